The monoisotopic (exact) mass is 474 g/mol. The number of rotatable bonds is 2. The summed E-state index contributed by atoms with van der Waals surface area (Å²) in [5.74, 6) is 0.908. The van der Waals surface area contributed by atoms with Gasteiger partial charge in [-0.2, -0.15) is 5.26 Å². The first-order valence-electron chi connectivity index (χ1n) is 11.5. The molecular weight excluding hydrogens is 452 g/mol. The number of aliphatic hydroxyl groups is 1. The molecule has 0 fully saturated rings. The quantitative estimate of drug-likeness (QED) is 0.399. The normalized spacial score (nSPS) is 16.4. The van der Waals surface area contributed by atoms with Crippen molar-refractivity contribution < 1.29 is 14.6 Å². The topological polar surface area (TPSA) is 93.2 Å². The van der Waals surface area contributed by atoms with Gasteiger partial charge in [0.05, 0.1) is 36.4 Å². The number of benzene rings is 3. The Balaban J connectivity index is 1.74. The Labute approximate surface area is 207 Å². The molecule has 2 aromatic heterocycles. The van der Waals surface area contributed by atoms with Crippen molar-refractivity contribution in [3.8, 4) is 28.8 Å². The Morgan fingerprint density at radius 1 is 1.08 bits per heavy atom. The van der Waals surface area contributed by atoms with Crippen molar-refractivity contribution in [3.05, 3.63) is 107 Å². The molecule has 1 aliphatic heterocycles. The summed E-state index contributed by atoms with van der Waals surface area (Å²) in [6.07, 6.45) is 3.30. The molecule has 1 aliphatic rings. The van der Waals surface area contributed by atoms with E-state index in [2.05, 4.69) is 22.1 Å². The first-order chi connectivity index (χ1) is 17.5. The van der Waals surface area contributed by atoms with E-state index in [0.717, 1.165) is 27.6 Å². The third-order valence-corrected chi connectivity index (χ3v) is 6.75. The molecule has 36 heavy (non-hydrogen) atoms. The molecule has 1 N–H and O–H groups in total. The highest BCUT2D eigenvalue weighted by Gasteiger charge is 2.37. The van der Waals surface area contributed by atoms with Crippen LogP contribution in [0.1, 0.15) is 27.9 Å². The lowest BCUT2D eigenvalue weighted by Crippen LogP contribution is -2.31. The summed E-state index contributed by atoms with van der Waals surface area (Å²) in [7, 11) is 3.44. The second-order valence-electron chi connectivity index (χ2n) is 8.86. The summed E-state index contributed by atoms with van der Waals surface area (Å²) < 4.78 is 13.4. The number of nitriles is 1. The van der Waals surface area contributed by atoms with Gasteiger partial charge < -0.3 is 19.1 Å². The summed E-state index contributed by atoms with van der Waals surface area (Å²) in [5.41, 5.74) is 4.19. The van der Waals surface area contributed by atoms with Gasteiger partial charge in [0.2, 0.25) is 5.88 Å². The summed E-state index contributed by atoms with van der Waals surface area (Å²) >= 11 is 0. The lowest BCUT2D eigenvalue weighted by Gasteiger charge is -2.30. The Hall–Kier alpha value is -4.67. The molecule has 0 saturated heterocycles. The maximum absolute atomic E-state index is 12.5. The molecule has 1 atom stereocenters. The largest absolute Gasteiger partial charge is 0.488 e. The van der Waals surface area contributed by atoms with Crippen LogP contribution in [0, 0.1) is 11.3 Å². The highest BCUT2D eigenvalue weighted by molar-refractivity contribution is 5.96. The minimum atomic E-state index is -1.57. The van der Waals surface area contributed by atoms with Crippen LogP contribution in [0.3, 0.4) is 0 Å². The summed E-state index contributed by atoms with van der Waals surface area (Å²) in [6.45, 7) is 0.263. The van der Waals surface area contributed by atoms with Crippen LogP contribution < -0.4 is 9.47 Å². The van der Waals surface area contributed by atoms with Crippen LogP contribution in [-0.2, 0) is 19.3 Å². The Morgan fingerprint density at radius 3 is 2.69 bits per heavy atom. The van der Waals surface area contributed by atoms with E-state index in [1.165, 1.54) is 0 Å². The molecule has 1 unspecified atom stereocenters. The van der Waals surface area contributed by atoms with Crippen molar-refractivity contribution in [2.24, 2.45) is 7.05 Å². The Bertz CT molecular complexity index is 1680. The molecule has 6 bridgehead atoms. The molecule has 3 aromatic carbocycles. The molecule has 7 heteroatoms. The van der Waals surface area contributed by atoms with Crippen LogP contribution in [0.5, 0.6) is 11.6 Å². The lowest BCUT2D eigenvalue weighted by atomic mass is 9.82. The van der Waals surface area contributed by atoms with Gasteiger partial charge in [-0.05, 0) is 58.1 Å². The number of nitrogens with zero attached hydrogens (tertiary/aromatic N) is 4. The van der Waals surface area contributed by atoms with Crippen molar-refractivity contribution in [2.75, 3.05) is 7.11 Å². The van der Waals surface area contributed by atoms with Crippen LogP contribution in [0.4, 0.5) is 0 Å². The standard InChI is InChI=1S/C29H22N4O3/c1-33-17-31-15-27(33)29(34)21-8-9-25-24(11-21)23(13-28(32-25)35-2)19-5-3-4-18(10-19)16-36-26-12-22(29)7-6-20(26)14-30/h3-13,15,17,34H,16H2,1-2H3. The van der Waals surface area contributed by atoms with Crippen molar-refractivity contribution in [2.45, 2.75) is 12.2 Å². The van der Waals surface area contributed by atoms with Gasteiger partial charge in [-0.25, -0.2) is 9.97 Å². The van der Waals surface area contributed by atoms with Crippen molar-refractivity contribution in [1.82, 2.24) is 14.5 Å². The SMILES string of the molecule is COc1cc2c3cc(ccc3n1)C(O)(c1cncn1C)c1ccc(C#N)c(c1)OCc1cccc-2c1. The number of hydrogen-bond acceptors (Lipinski definition) is 6. The molecule has 0 radical (unpaired) electrons. The van der Waals surface area contributed by atoms with Gasteiger partial charge in [-0.1, -0.05) is 30.3 Å². The van der Waals surface area contributed by atoms with Crippen LogP contribution >= 0.6 is 0 Å². The summed E-state index contributed by atoms with van der Waals surface area (Å²) in [5, 5.41) is 23.1. The van der Waals surface area contributed by atoms with Gasteiger partial charge in [0, 0.05) is 18.5 Å². The molecule has 3 heterocycles. The zero-order chi connectivity index (χ0) is 24.9. The Morgan fingerprint density at radius 2 is 1.92 bits per heavy atom. The number of aryl methyl sites for hydroxylation is 1. The van der Waals surface area contributed by atoms with E-state index in [1.54, 1.807) is 42.4 Å². The van der Waals surface area contributed by atoms with E-state index in [4.69, 9.17) is 9.47 Å². The van der Waals surface area contributed by atoms with E-state index in [0.29, 0.717) is 34.0 Å². The van der Waals surface area contributed by atoms with Crippen LogP contribution in [0.25, 0.3) is 22.0 Å². The van der Waals surface area contributed by atoms with E-state index in [-0.39, 0.29) is 6.61 Å². The second-order valence-corrected chi connectivity index (χ2v) is 8.86. The fraction of sp³-hybridized carbons (Fsp3) is 0.138. The Kier molecular flexibility index (Phi) is 4.99. The molecular formula is C29H22N4O3. The van der Waals surface area contributed by atoms with E-state index < -0.39 is 5.60 Å². The number of imidazole rings is 1. The highest BCUT2D eigenvalue weighted by Crippen LogP contribution is 2.41. The third kappa shape index (κ3) is 3.31. The predicted octanol–water partition coefficient (Wildman–Crippen LogP) is 4.69. The fourth-order valence-electron chi connectivity index (χ4n) is 4.89. The molecule has 0 spiro atoms. The van der Waals surface area contributed by atoms with Crippen LogP contribution in [-0.4, -0.2) is 26.8 Å². The minimum absolute atomic E-state index is 0.263. The number of aromatic nitrogens is 3. The van der Waals surface area contributed by atoms with E-state index in [1.807, 2.05) is 49.5 Å². The smallest absolute Gasteiger partial charge is 0.214 e. The molecule has 0 amide bonds. The number of fused-ring (bicyclic) bond motifs is 6. The summed E-state index contributed by atoms with van der Waals surface area (Å²) in [6, 6.07) is 23.0. The highest BCUT2D eigenvalue weighted by atomic mass is 16.5. The maximum atomic E-state index is 12.5. The van der Waals surface area contributed by atoms with Crippen molar-refractivity contribution in [1.29, 1.82) is 5.26 Å². The number of hydrogen-bond donors (Lipinski definition) is 1. The second kappa shape index (κ2) is 8.22. The first kappa shape index (κ1) is 21.8. The zero-order valence-electron chi connectivity index (χ0n) is 19.8. The molecule has 0 saturated carbocycles. The molecule has 5 aromatic rings. The molecule has 0 aliphatic carbocycles. The molecule has 6 rings (SSSR count). The third-order valence-electron chi connectivity index (χ3n) is 6.75. The van der Waals surface area contributed by atoms with Crippen LogP contribution in [0.15, 0.2) is 79.3 Å². The average Bonchev–Trinajstić information content (AvgIpc) is 3.36. The number of pyridine rings is 1. The van der Waals surface area contributed by atoms with Gasteiger partial charge in [0.15, 0.2) is 5.60 Å². The molecule has 7 nitrogen and oxygen atoms in total. The summed E-state index contributed by atoms with van der Waals surface area (Å²) in [4.78, 5) is 8.92. The maximum Gasteiger partial charge on any atom is 0.214 e. The van der Waals surface area contributed by atoms with Gasteiger partial charge >= 0.3 is 0 Å². The number of ether oxygens (including phenoxy) is 2. The number of methoxy groups -OCH3 is 1. The van der Waals surface area contributed by atoms with Crippen LogP contribution in [0.2, 0.25) is 0 Å². The van der Waals surface area contributed by atoms with E-state index >= 15 is 0 Å². The average molecular weight is 475 g/mol. The van der Waals surface area contributed by atoms with Gasteiger partial charge in [0.1, 0.15) is 18.4 Å². The predicted molar refractivity (Wildman–Crippen MR) is 135 cm³/mol. The lowest BCUT2D eigenvalue weighted by molar-refractivity contribution is 0.117. The van der Waals surface area contributed by atoms with Gasteiger partial charge in [-0.15, -0.1) is 0 Å². The van der Waals surface area contributed by atoms with Crippen molar-refractivity contribution in [3.63, 3.8) is 0 Å². The van der Waals surface area contributed by atoms with Gasteiger partial charge in [-0.3, -0.25) is 0 Å². The molecule has 176 valence electrons. The zero-order valence-corrected chi connectivity index (χ0v) is 19.8. The fourth-order valence-corrected chi connectivity index (χ4v) is 4.89. The van der Waals surface area contributed by atoms with E-state index in [9.17, 15) is 10.4 Å². The van der Waals surface area contributed by atoms with Gasteiger partial charge in [0.25, 0.3) is 0 Å². The minimum Gasteiger partial charge on any atom is -0.488 e. The van der Waals surface area contributed by atoms with Crippen molar-refractivity contribution >= 4 is 10.9 Å². The first-order valence-corrected chi connectivity index (χ1v) is 11.5.